The maximum atomic E-state index is 12.7. The highest BCUT2D eigenvalue weighted by Crippen LogP contribution is 2.25. The fraction of sp³-hybridized carbons (Fsp3) is 0.350. The van der Waals surface area contributed by atoms with E-state index >= 15 is 0 Å². The average Bonchev–Trinajstić information content (AvgIpc) is 2.60. The standard InChI is InChI=1S/C20H25ClN2O4S/c1-14-10-15(2)12-17(11-14)27-9-8-23(5)20(24)16-6-7-18(21)19(13-16)28(25,26)22(3)4/h6-7,10-13H,8-9H2,1-5H3. The molecule has 0 unspecified atom stereocenters. The lowest BCUT2D eigenvalue weighted by Gasteiger charge is -2.19. The van der Waals surface area contributed by atoms with E-state index in [1.165, 1.54) is 37.2 Å². The van der Waals surface area contributed by atoms with E-state index in [1.54, 1.807) is 7.05 Å². The average molecular weight is 425 g/mol. The first-order valence-corrected chi connectivity index (χ1v) is 10.5. The van der Waals surface area contributed by atoms with Crippen molar-refractivity contribution in [3.63, 3.8) is 0 Å². The van der Waals surface area contributed by atoms with Gasteiger partial charge in [-0.15, -0.1) is 0 Å². The maximum Gasteiger partial charge on any atom is 0.253 e. The van der Waals surface area contributed by atoms with Gasteiger partial charge >= 0.3 is 0 Å². The van der Waals surface area contributed by atoms with Gasteiger partial charge in [0.05, 0.1) is 11.6 Å². The number of hydrogen-bond donors (Lipinski definition) is 0. The lowest BCUT2D eigenvalue weighted by atomic mass is 10.1. The molecule has 0 bridgehead atoms. The lowest BCUT2D eigenvalue weighted by molar-refractivity contribution is 0.0773. The van der Waals surface area contributed by atoms with E-state index < -0.39 is 10.0 Å². The molecule has 0 radical (unpaired) electrons. The summed E-state index contributed by atoms with van der Waals surface area (Å²) >= 11 is 6.04. The number of carbonyl (C=O) groups is 1. The number of hydrogen-bond acceptors (Lipinski definition) is 4. The number of amides is 1. The Bertz CT molecular complexity index is 954. The van der Waals surface area contributed by atoms with Gasteiger partial charge in [-0.3, -0.25) is 4.79 Å². The quantitative estimate of drug-likeness (QED) is 0.683. The summed E-state index contributed by atoms with van der Waals surface area (Å²) in [5, 5.41) is 0.0750. The Morgan fingerprint density at radius 3 is 2.21 bits per heavy atom. The number of likely N-dealkylation sites (N-methyl/N-ethyl adjacent to an activating group) is 1. The summed E-state index contributed by atoms with van der Waals surface area (Å²) < 4.78 is 31.6. The Morgan fingerprint density at radius 2 is 1.64 bits per heavy atom. The Morgan fingerprint density at radius 1 is 1.04 bits per heavy atom. The van der Waals surface area contributed by atoms with Gasteiger partial charge in [-0.25, -0.2) is 12.7 Å². The molecule has 2 aromatic rings. The molecule has 0 aromatic heterocycles. The summed E-state index contributed by atoms with van der Waals surface area (Å²) in [6.07, 6.45) is 0. The molecule has 0 aliphatic rings. The van der Waals surface area contributed by atoms with Crippen LogP contribution in [0.1, 0.15) is 21.5 Å². The summed E-state index contributed by atoms with van der Waals surface area (Å²) in [5.74, 6) is 0.445. The highest BCUT2D eigenvalue weighted by molar-refractivity contribution is 7.89. The van der Waals surface area contributed by atoms with Crippen molar-refractivity contribution >= 4 is 27.5 Å². The molecule has 0 heterocycles. The van der Waals surface area contributed by atoms with Gasteiger partial charge in [0.1, 0.15) is 17.3 Å². The second kappa shape index (κ2) is 8.94. The zero-order chi connectivity index (χ0) is 21.1. The first-order valence-electron chi connectivity index (χ1n) is 8.71. The van der Waals surface area contributed by atoms with Crippen molar-refractivity contribution in [1.29, 1.82) is 0 Å². The first kappa shape index (κ1) is 22.2. The highest BCUT2D eigenvalue weighted by Gasteiger charge is 2.23. The van der Waals surface area contributed by atoms with E-state index in [0.29, 0.717) is 13.2 Å². The van der Waals surface area contributed by atoms with Gasteiger partial charge in [0, 0.05) is 26.7 Å². The van der Waals surface area contributed by atoms with Crippen molar-refractivity contribution in [2.75, 3.05) is 34.3 Å². The first-order chi connectivity index (χ1) is 13.0. The normalized spacial score (nSPS) is 11.5. The minimum absolute atomic E-state index is 0.0750. The molecule has 0 fully saturated rings. The topological polar surface area (TPSA) is 66.9 Å². The molecule has 28 heavy (non-hydrogen) atoms. The van der Waals surface area contributed by atoms with Gasteiger partial charge < -0.3 is 9.64 Å². The Kier molecular flexibility index (Phi) is 7.09. The molecular weight excluding hydrogens is 400 g/mol. The van der Waals surface area contributed by atoms with E-state index in [1.807, 2.05) is 26.0 Å². The molecule has 1 amide bonds. The van der Waals surface area contributed by atoms with Crippen LogP contribution in [0.4, 0.5) is 0 Å². The van der Waals surface area contributed by atoms with Crippen LogP contribution in [0.25, 0.3) is 0 Å². The molecular formula is C20H25ClN2O4S. The van der Waals surface area contributed by atoms with Crippen LogP contribution in [0.3, 0.4) is 0 Å². The van der Waals surface area contributed by atoms with Crippen LogP contribution in [0.2, 0.25) is 5.02 Å². The van der Waals surface area contributed by atoms with Gasteiger partial charge in [-0.1, -0.05) is 17.7 Å². The molecule has 8 heteroatoms. The zero-order valence-corrected chi connectivity index (χ0v) is 18.3. The van der Waals surface area contributed by atoms with Crippen LogP contribution < -0.4 is 4.74 Å². The molecule has 152 valence electrons. The largest absolute Gasteiger partial charge is 0.492 e. The van der Waals surface area contributed by atoms with E-state index in [-0.39, 0.29) is 21.4 Å². The highest BCUT2D eigenvalue weighted by atomic mass is 35.5. The smallest absolute Gasteiger partial charge is 0.253 e. The number of rotatable bonds is 7. The number of aryl methyl sites for hydroxylation is 2. The van der Waals surface area contributed by atoms with Crippen LogP contribution in [0.5, 0.6) is 5.75 Å². The van der Waals surface area contributed by atoms with Crippen molar-refractivity contribution < 1.29 is 17.9 Å². The monoisotopic (exact) mass is 424 g/mol. The maximum absolute atomic E-state index is 12.7. The fourth-order valence-corrected chi connectivity index (χ4v) is 4.06. The third kappa shape index (κ3) is 5.25. The van der Waals surface area contributed by atoms with Gasteiger partial charge in [0.25, 0.3) is 5.91 Å². The van der Waals surface area contributed by atoms with E-state index in [0.717, 1.165) is 21.2 Å². The lowest BCUT2D eigenvalue weighted by Crippen LogP contribution is -2.31. The number of carbonyl (C=O) groups excluding carboxylic acids is 1. The Hall–Kier alpha value is -2.09. The van der Waals surface area contributed by atoms with Crippen molar-refractivity contribution in [1.82, 2.24) is 9.21 Å². The van der Waals surface area contributed by atoms with Crippen LogP contribution in [0.15, 0.2) is 41.3 Å². The molecule has 2 aromatic carbocycles. The van der Waals surface area contributed by atoms with E-state index in [9.17, 15) is 13.2 Å². The Balaban J connectivity index is 2.09. The molecule has 0 aliphatic heterocycles. The predicted molar refractivity (Wildman–Crippen MR) is 111 cm³/mol. The zero-order valence-electron chi connectivity index (χ0n) is 16.7. The van der Waals surface area contributed by atoms with Crippen molar-refractivity contribution in [3.8, 4) is 5.75 Å². The SMILES string of the molecule is Cc1cc(C)cc(OCCN(C)C(=O)c2ccc(Cl)c(S(=O)(=O)N(C)C)c2)c1. The predicted octanol–water partition coefficient (Wildman–Crippen LogP) is 3.36. The van der Waals surface area contributed by atoms with Gasteiger partial charge in [0.15, 0.2) is 0 Å². The second-order valence-electron chi connectivity index (χ2n) is 6.83. The molecule has 0 atom stereocenters. The van der Waals surface area contributed by atoms with E-state index in [2.05, 4.69) is 6.07 Å². The number of halogens is 1. The molecule has 2 rings (SSSR count). The van der Waals surface area contributed by atoms with Crippen LogP contribution in [0, 0.1) is 13.8 Å². The van der Waals surface area contributed by atoms with Gasteiger partial charge in [-0.2, -0.15) is 0 Å². The van der Waals surface area contributed by atoms with Crippen LogP contribution in [-0.2, 0) is 10.0 Å². The molecule has 0 spiro atoms. The van der Waals surface area contributed by atoms with Crippen molar-refractivity contribution in [2.24, 2.45) is 0 Å². The van der Waals surface area contributed by atoms with Crippen molar-refractivity contribution in [2.45, 2.75) is 18.7 Å². The van der Waals surface area contributed by atoms with Gasteiger partial charge in [0.2, 0.25) is 10.0 Å². The minimum Gasteiger partial charge on any atom is -0.492 e. The number of ether oxygens (including phenoxy) is 1. The molecule has 0 aliphatic carbocycles. The third-order valence-corrected chi connectivity index (χ3v) is 6.47. The number of benzene rings is 2. The second-order valence-corrected chi connectivity index (χ2v) is 9.36. The van der Waals surface area contributed by atoms with Crippen molar-refractivity contribution in [3.05, 3.63) is 58.1 Å². The number of sulfonamides is 1. The third-order valence-electron chi connectivity index (χ3n) is 4.17. The summed E-state index contributed by atoms with van der Waals surface area (Å²) in [7, 11) is 0.723. The summed E-state index contributed by atoms with van der Waals surface area (Å²) in [6.45, 7) is 4.66. The summed E-state index contributed by atoms with van der Waals surface area (Å²) in [5.41, 5.74) is 2.46. The van der Waals surface area contributed by atoms with E-state index in [4.69, 9.17) is 16.3 Å². The molecule has 0 N–H and O–H groups in total. The summed E-state index contributed by atoms with van der Waals surface area (Å²) in [4.78, 5) is 14.1. The fourth-order valence-electron chi connectivity index (χ4n) is 2.67. The Labute approximate surface area is 171 Å². The summed E-state index contributed by atoms with van der Waals surface area (Å²) in [6, 6.07) is 10.2. The minimum atomic E-state index is -3.74. The number of nitrogens with zero attached hydrogens (tertiary/aromatic N) is 2. The van der Waals surface area contributed by atoms with Gasteiger partial charge in [-0.05, 0) is 55.3 Å². The van der Waals surface area contributed by atoms with Crippen LogP contribution >= 0.6 is 11.6 Å². The molecule has 0 saturated heterocycles. The molecule has 6 nitrogen and oxygen atoms in total. The van der Waals surface area contributed by atoms with Crippen LogP contribution in [-0.4, -0.2) is 57.8 Å². The molecule has 0 saturated carbocycles.